The number of sulfonamides is 1. The highest BCUT2D eigenvalue weighted by molar-refractivity contribution is 7.92. The summed E-state index contributed by atoms with van der Waals surface area (Å²) in [5.74, 6) is -0.757. The van der Waals surface area contributed by atoms with Gasteiger partial charge in [-0.2, -0.15) is 18.3 Å². The Morgan fingerprint density at radius 2 is 1.46 bits per heavy atom. The average molecular weight is 586 g/mol. The van der Waals surface area contributed by atoms with Gasteiger partial charge in [-0.25, -0.2) is 13.8 Å². The number of hydrogen-bond donors (Lipinski definition) is 1. The minimum Gasteiger partial charge on any atom is -0.271 e. The first-order chi connectivity index (χ1) is 18.5. The molecule has 0 radical (unpaired) electrons. The first kappa shape index (κ1) is 30.9. The predicted octanol–water partition coefficient (Wildman–Crippen LogP) is 7.64. The molecule has 0 spiro atoms. The van der Waals surface area contributed by atoms with E-state index < -0.39 is 39.2 Å². The van der Waals surface area contributed by atoms with Crippen LogP contribution in [0, 0.1) is 6.92 Å². The number of nitrogens with one attached hydrogen (secondary N) is 1. The van der Waals surface area contributed by atoms with Gasteiger partial charge in [0.2, 0.25) is 0 Å². The van der Waals surface area contributed by atoms with Crippen LogP contribution in [0.2, 0.25) is 5.02 Å². The highest BCUT2D eigenvalue weighted by Gasteiger charge is 2.35. The van der Waals surface area contributed by atoms with Crippen molar-refractivity contribution in [1.29, 1.82) is 0 Å². The van der Waals surface area contributed by atoms with Crippen LogP contribution < -0.4 is 9.73 Å². The minimum absolute atomic E-state index is 0.157. The number of benzene rings is 2. The number of rotatable bonds is 6. The molecule has 1 N–H and O–H groups in total. The first-order valence-corrected chi connectivity index (χ1v) is 15.1. The maximum Gasteiger partial charge on any atom is 0.417 e. The Kier molecular flexibility index (Phi) is 11.2. The van der Waals surface area contributed by atoms with Crippen LogP contribution in [0.4, 0.5) is 18.9 Å². The average Bonchev–Trinajstić information content (AvgIpc) is 2.87. The van der Waals surface area contributed by atoms with E-state index in [1.165, 1.54) is 31.4 Å². The molecule has 0 aromatic heterocycles. The number of amides is 1. The zero-order chi connectivity index (χ0) is 28.5. The number of carbonyl (C=O) groups is 1. The molecule has 1 aliphatic carbocycles. The van der Waals surface area contributed by atoms with E-state index in [1.54, 1.807) is 19.1 Å². The van der Waals surface area contributed by atoms with Gasteiger partial charge >= 0.3 is 6.18 Å². The molecule has 6 nitrogen and oxygen atoms in total. The van der Waals surface area contributed by atoms with Gasteiger partial charge < -0.3 is 0 Å². The molecule has 39 heavy (non-hydrogen) atoms. The molecule has 0 atom stereocenters. The summed E-state index contributed by atoms with van der Waals surface area (Å²) in [5, 5.41) is 3.72. The van der Waals surface area contributed by atoms with E-state index in [4.69, 9.17) is 11.6 Å². The number of alkyl halides is 3. The number of carbonyl (C=O) groups excluding carboxylic acids is 1. The lowest BCUT2D eigenvalue weighted by Crippen LogP contribution is -2.40. The molecule has 11 heteroatoms. The molecule has 0 saturated heterocycles. The summed E-state index contributed by atoms with van der Waals surface area (Å²) in [6, 6.07) is 8.60. The van der Waals surface area contributed by atoms with Gasteiger partial charge in [0.25, 0.3) is 15.9 Å². The van der Waals surface area contributed by atoms with Crippen molar-refractivity contribution in [3.8, 4) is 0 Å². The second kappa shape index (κ2) is 14.2. The van der Waals surface area contributed by atoms with E-state index in [1.807, 2.05) is 0 Å². The summed E-state index contributed by atoms with van der Waals surface area (Å²) in [5.41, 5.74) is 2.56. The third-order valence-electron chi connectivity index (χ3n) is 6.71. The fourth-order valence-electron chi connectivity index (χ4n) is 4.48. The second-order valence-electron chi connectivity index (χ2n) is 9.88. The molecular weight excluding hydrogens is 551 g/mol. The lowest BCUT2D eigenvalue weighted by Gasteiger charge is -2.25. The number of aryl methyl sites for hydroxylation is 1. The second-order valence-corrected chi connectivity index (χ2v) is 12.2. The number of anilines is 1. The van der Waals surface area contributed by atoms with Crippen LogP contribution in [0.25, 0.3) is 0 Å². The van der Waals surface area contributed by atoms with Crippen LogP contribution in [-0.2, 0) is 21.0 Å². The molecular formula is C28H35ClF3N3O3S. The van der Waals surface area contributed by atoms with Crippen LogP contribution in [0.3, 0.4) is 0 Å². The van der Waals surface area contributed by atoms with Gasteiger partial charge in [-0.1, -0.05) is 74.2 Å². The van der Waals surface area contributed by atoms with Crippen molar-refractivity contribution in [3.05, 3.63) is 58.6 Å². The lowest BCUT2D eigenvalue weighted by molar-refractivity contribution is -0.137. The summed E-state index contributed by atoms with van der Waals surface area (Å²) in [4.78, 5) is 12.8. The molecule has 0 heterocycles. The van der Waals surface area contributed by atoms with Crippen molar-refractivity contribution in [2.75, 3.05) is 10.8 Å². The smallest absolute Gasteiger partial charge is 0.271 e. The highest BCUT2D eigenvalue weighted by atomic mass is 35.5. The van der Waals surface area contributed by atoms with Gasteiger partial charge in [0.05, 0.1) is 21.2 Å². The Balaban J connectivity index is 1.87. The van der Waals surface area contributed by atoms with E-state index in [-0.39, 0.29) is 10.6 Å². The van der Waals surface area contributed by atoms with Gasteiger partial charge in [-0.05, 0) is 62.9 Å². The summed E-state index contributed by atoms with van der Waals surface area (Å²) < 4.78 is 68.4. The van der Waals surface area contributed by atoms with Crippen molar-refractivity contribution >= 4 is 38.9 Å². The minimum atomic E-state index is -4.81. The molecule has 2 aromatic rings. The standard InChI is InChI=1S/C28H35ClF3N3O3S/c1-21-13-16-24(17-14-21)39(37,38)35(23-15-18-26(29)25(19-23)28(30,31)32)20-27(36)34-33-22-11-9-7-5-3-2-4-6-8-10-12-22/h13-19H,2-12,20H2,1H3,(H,34,36). The van der Waals surface area contributed by atoms with E-state index >= 15 is 0 Å². The van der Waals surface area contributed by atoms with Gasteiger partial charge in [0, 0.05) is 5.71 Å². The Hall–Kier alpha value is -2.59. The number of hydrazone groups is 1. The summed E-state index contributed by atoms with van der Waals surface area (Å²) >= 11 is 5.76. The van der Waals surface area contributed by atoms with Crippen LogP contribution in [0.15, 0.2) is 52.5 Å². The van der Waals surface area contributed by atoms with Gasteiger partial charge in [-0.3, -0.25) is 9.10 Å². The normalized spacial score (nSPS) is 16.1. The topological polar surface area (TPSA) is 78.8 Å². The molecule has 0 bridgehead atoms. The van der Waals surface area contributed by atoms with Crippen molar-refractivity contribution in [2.45, 2.75) is 88.6 Å². The Morgan fingerprint density at radius 1 is 0.923 bits per heavy atom. The monoisotopic (exact) mass is 585 g/mol. The van der Waals surface area contributed by atoms with Crippen LogP contribution in [-0.4, -0.2) is 26.6 Å². The third-order valence-corrected chi connectivity index (χ3v) is 8.83. The fourth-order valence-corrected chi connectivity index (χ4v) is 6.12. The van der Waals surface area contributed by atoms with Gasteiger partial charge in [0.1, 0.15) is 6.54 Å². The summed E-state index contributed by atoms with van der Waals surface area (Å²) in [7, 11) is -4.40. The van der Waals surface area contributed by atoms with E-state index in [9.17, 15) is 26.4 Å². The van der Waals surface area contributed by atoms with Crippen molar-refractivity contribution in [3.63, 3.8) is 0 Å². The Morgan fingerprint density at radius 3 is 2.00 bits per heavy atom. The fraction of sp³-hybridized carbons (Fsp3) is 0.500. The van der Waals surface area contributed by atoms with Crippen molar-refractivity contribution < 1.29 is 26.4 Å². The SMILES string of the molecule is Cc1ccc(S(=O)(=O)N(CC(=O)NN=C2CCCCCCCCCCC2)c2ccc(Cl)c(C(F)(F)F)c2)cc1. The first-order valence-electron chi connectivity index (χ1n) is 13.3. The van der Waals surface area contributed by atoms with Crippen molar-refractivity contribution in [1.82, 2.24) is 5.43 Å². The third kappa shape index (κ3) is 9.24. The summed E-state index contributed by atoms with van der Waals surface area (Å²) in [6.07, 6.45) is 6.73. The lowest BCUT2D eigenvalue weighted by atomic mass is 10.00. The maximum absolute atomic E-state index is 13.6. The van der Waals surface area contributed by atoms with Crippen LogP contribution >= 0.6 is 11.6 Å². The summed E-state index contributed by atoms with van der Waals surface area (Å²) in [6.45, 7) is 1.02. The van der Waals surface area contributed by atoms with Crippen molar-refractivity contribution in [2.24, 2.45) is 5.10 Å². The predicted molar refractivity (Wildman–Crippen MR) is 149 cm³/mol. The number of halogens is 4. The molecule has 2 aromatic carbocycles. The van der Waals surface area contributed by atoms with E-state index in [0.29, 0.717) is 10.4 Å². The molecule has 1 saturated carbocycles. The van der Waals surface area contributed by atoms with Crippen LogP contribution in [0.1, 0.15) is 81.8 Å². The number of hydrogen-bond acceptors (Lipinski definition) is 4. The largest absolute Gasteiger partial charge is 0.417 e. The van der Waals surface area contributed by atoms with Gasteiger partial charge in [-0.15, -0.1) is 0 Å². The molecule has 1 amide bonds. The quantitative estimate of drug-likeness (QED) is 0.354. The maximum atomic E-state index is 13.6. The zero-order valence-electron chi connectivity index (χ0n) is 22.1. The molecule has 214 valence electrons. The van der Waals surface area contributed by atoms with Crippen LogP contribution in [0.5, 0.6) is 0 Å². The molecule has 1 fully saturated rings. The number of nitrogens with zero attached hydrogens (tertiary/aromatic N) is 2. The zero-order valence-corrected chi connectivity index (χ0v) is 23.6. The van der Waals surface area contributed by atoms with E-state index in [0.717, 1.165) is 74.8 Å². The Bertz CT molecular complexity index is 1230. The highest BCUT2D eigenvalue weighted by Crippen LogP contribution is 2.38. The molecule has 0 unspecified atom stereocenters. The molecule has 1 aliphatic rings. The molecule has 3 rings (SSSR count). The Labute approximate surface area is 233 Å². The van der Waals surface area contributed by atoms with Gasteiger partial charge in [0.15, 0.2) is 0 Å². The van der Waals surface area contributed by atoms with E-state index in [2.05, 4.69) is 10.5 Å². The molecule has 0 aliphatic heterocycles.